The van der Waals surface area contributed by atoms with Crippen LogP contribution in [0.3, 0.4) is 0 Å². The first-order chi connectivity index (χ1) is 14.3. The highest BCUT2D eigenvalue weighted by Gasteiger charge is 2.51. The van der Waals surface area contributed by atoms with Crippen molar-refractivity contribution in [2.45, 2.75) is 45.1 Å². The van der Waals surface area contributed by atoms with Crippen molar-refractivity contribution in [1.82, 2.24) is 15.1 Å². The fourth-order valence-electron chi connectivity index (χ4n) is 5.24. The largest absolute Gasteiger partial charge is 0.398 e. The van der Waals surface area contributed by atoms with Crippen molar-refractivity contribution in [2.24, 2.45) is 5.92 Å². The van der Waals surface area contributed by atoms with Crippen LogP contribution in [0.5, 0.6) is 0 Å². The van der Waals surface area contributed by atoms with E-state index in [1.54, 1.807) is 7.05 Å². The number of imide groups is 1. The number of urea groups is 1. The van der Waals surface area contributed by atoms with Crippen molar-refractivity contribution in [3.63, 3.8) is 0 Å². The first kappa shape index (κ1) is 22.1. The summed E-state index contributed by atoms with van der Waals surface area (Å²) in [5.41, 5.74) is 10.6. The SMILES string of the molecule is C=CCN1C[C@H](C(=O)N(C)C(=O)NCC)CC2c3cccc(N)c3/C(=C\C)C[C@]21C. The third-order valence-corrected chi connectivity index (χ3v) is 6.82. The quantitative estimate of drug-likeness (QED) is 0.587. The van der Waals surface area contributed by atoms with Crippen molar-refractivity contribution in [3.05, 3.63) is 48.1 Å². The standard InChI is InChI=1S/C24H34N4O2/c1-6-12-28-15-17(22(29)27(5)23(30)26-8-3)13-19-18-10-9-11-20(25)21(18)16(7-2)14-24(19,28)4/h6-7,9-11,17,19H,1,8,12-15,25H2,2-5H3,(H,26,30)/b16-7-/t17-,19?,24-/m1/s1. The van der Waals surface area contributed by atoms with Crippen LogP contribution in [-0.4, -0.2) is 54.0 Å². The first-order valence-corrected chi connectivity index (χ1v) is 10.7. The molecule has 1 aliphatic carbocycles. The minimum absolute atomic E-state index is 0.139. The summed E-state index contributed by atoms with van der Waals surface area (Å²) in [6.45, 7) is 11.9. The molecular weight excluding hydrogens is 376 g/mol. The monoisotopic (exact) mass is 410 g/mol. The van der Waals surface area contributed by atoms with Crippen LogP contribution in [0.1, 0.15) is 50.7 Å². The summed E-state index contributed by atoms with van der Waals surface area (Å²) in [6, 6.07) is 5.73. The molecule has 30 heavy (non-hydrogen) atoms. The summed E-state index contributed by atoms with van der Waals surface area (Å²) in [6.07, 6.45) is 5.62. The molecule has 1 fully saturated rings. The van der Waals surface area contributed by atoms with Crippen LogP contribution in [-0.2, 0) is 4.79 Å². The predicted octanol–water partition coefficient (Wildman–Crippen LogP) is 3.61. The van der Waals surface area contributed by atoms with Gasteiger partial charge in [0.2, 0.25) is 5.91 Å². The second kappa shape index (κ2) is 8.64. The number of hydrogen-bond donors (Lipinski definition) is 2. The normalized spacial score (nSPS) is 27.1. The lowest BCUT2D eigenvalue weighted by molar-refractivity contribution is -0.135. The number of rotatable bonds is 4. The minimum atomic E-state index is -0.351. The summed E-state index contributed by atoms with van der Waals surface area (Å²) < 4.78 is 0. The van der Waals surface area contributed by atoms with Gasteiger partial charge in [-0.3, -0.25) is 14.6 Å². The number of nitrogens with zero attached hydrogens (tertiary/aromatic N) is 2. The van der Waals surface area contributed by atoms with Gasteiger partial charge >= 0.3 is 6.03 Å². The molecule has 1 aromatic carbocycles. The number of nitrogen functional groups attached to an aromatic ring is 1. The number of fused-ring (bicyclic) bond motifs is 3. The zero-order chi connectivity index (χ0) is 22.1. The molecule has 1 aliphatic heterocycles. The van der Waals surface area contributed by atoms with Crippen LogP contribution in [0.2, 0.25) is 0 Å². The van der Waals surface area contributed by atoms with E-state index in [9.17, 15) is 9.59 Å². The zero-order valence-electron chi connectivity index (χ0n) is 18.6. The van der Waals surface area contributed by atoms with Crippen molar-refractivity contribution >= 4 is 23.2 Å². The Kier molecular flexibility index (Phi) is 6.36. The Balaban J connectivity index is 2.03. The molecule has 0 spiro atoms. The molecule has 162 valence electrons. The Bertz CT molecular complexity index is 878. The number of allylic oxidation sites excluding steroid dienone is 1. The van der Waals surface area contributed by atoms with Gasteiger partial charge in [0, 0.05) is 49.4 Å². The van der Waals surface area contributed by atoms with Gasteiger partial charge in [0.1, 0.15) is 0 Å². The third kappa shape index (κ3) is 3.65. The Morgan fingerprint density at radius 2 is 2.17 bits per heavy atom. The number of likely N-dealkylation sites (tertiary alicyclic amines) is 1. The lowest BCUT2D eigenvalue weighted by atomic mass is 9.62. The van der Waals surface area contributed by atoms with E-state index >= 15 is 0 Å². The second-order valence-electron chi connectivity index (χ2n) is 8.57. The summed E-state index contributed by atoms with van der Waals surface area (Å²) in [5, 5.41) is 2.71. The van der Waals surface area contributed by atoms with Crippen molar-refractivity contribution in [2.75, 3.05) is 32.4 Å². The zero-order valence-corrected chi connectivity index (χ0v) is 18.6. The molecule has 3 rings (SSSR count). The number of nitrogens with one attached hydrogen (secondary N) is 1. The van der Waals surface area contributed by atoms with Crippen molar-refractivity contribution < 1.29 is 9.59 Å². The van der Waals surface area contributed by atoms with Crippen LogP contribution in [0, 0.1) is 5.92 Å². The maximum Gasteiger partial charge on any atom is 0.323 e. The Morgan fingerprint density at radius 3 is 2.80 bits per heavy atom. The highest BCUT2D eigenvalue weighted by molar-refractivity contribution is 5.95. The highest BCUT2D eigenvalue weighted by Crippen LogP contribution is 2.54. The summed E-state index contributed by atoms with van der Waals surface area (Å²) >= 11 is 0. The number of amides is 3. The van der Waals surface area contributed by atoms with Crippen LogP contribution in [0.25, 0.3) is 5.57 Å². The number of piperidine rings is 1. The lowest BCUT2D eigenvalue weighted by Gasteiger charge is -2.55. The van der Waals surface area contributed by atoms with E-state index in [0.29, 0.717) is 26.1 Å². The van der Waals surface area contributed by atoms with Crippen LogP contribution >= 0.6 is 0 Å². The summed E-state index contributed by atoms with van der Waals surface area (Å²) in [4.78, 5) is 29.0. The predicted molar refractivity (Wildman–Crippen MR) is 122 cm³/mol. The maximum absolute atomic E-state index is 13.2. The molecule has 3 amide bonds. The number of hydrogen-bond acceptors (Lipinski definition) is 4. The van der Waals surface area contributed by atoms with Gasteiger partial charge in [-0.05, 0) is 50.8 Å². The molecule has 1 saturated heterocycles. The van der Waals surface area contributed by atoms with E-state index in [4.69, 9.17) is 5.73 Å². The fourth-order valence-corrected chi connectivity index (χ4v) is 5.24. The molecule has 1 heterocycles. The smallest absolute Gasteiger partial charge is 0.323 e. The molecule has 1 aromatic rings. The van der Waals surface area contributed by atoms with Crippen LogP contribution in [0.4, 0.5) is 10.5 Å². The molecule has 0 radical (unpaired) electrons. The van der Waals surface area contributed by atoms with Crippen LogP contribution < -0.4 is 11.1 Å². The Hall–Kier alpha value is -2.60. The van der Waals surface area contributed by atoms with Crippen LogP contribution in [0.15, 0.2) is 36.9 Å². The van der Waals surface area contributed by atoms with Gasteiger partial charge in [-0.25, -0.2) is 4.79 Å². The van der Waals surface area contributed by atoms with E-state index in [0.717, 1.165) is 17.7 Å². The molecule has 2 aliphatic rings. The molecule has 1 unspecified atom stereocenters. The molecule has 6 nitrogen and oxygen atoms in total. The van der Waals surface area contributed by atoms with Gasteiger partial charge in [0.15, 0.2) is 0 Å². The minimum Gasteiger partial charge on any atom is -0.398 e. The summed E-state index contributed by atoms with van der Waals surface area (Å²) in [7, 11) is 1.56. The van der Waals surface area contributed by atoms with Gasteiger partial charge in [-0.2, -0.15) is 0 Å². The Morgan fingerprint density at radius 1 is 1.43 bits per heavy atom. The van der Waals surface area contributed by atoms with Gasteiger partial charge in [0.25, 0.3) is 0 Å². The number of benzene rings is 1. The summed E-state index contributed by atoms with van der Waals surface area (Å²) in [5.74, 6) is -0.263. The molecule has 0 bridgehead atoms. The Labute approximate surface area is 179 Å². The van der Waals surface area contributed by atoms with E-state index in [1.807, 2.05) is 25.1 Å². The van der Waals surface area contributed by atoms with E-state index < -0.39 is 0 Å². The molecule has 0 aromatic heterocycles. The number of carbonyl (C=O) groups excluding carboxylic acids is 2. The molecule has 0 saturated carbocycles. The number of anilines is 1. The molecular formula is C24H34N4O2. The van der Waals surface area contributed by atoms with Gasteiger partial charge in [0.05, 0.1) is 5.92 Å². The molecule has 3 atom stereocenters. The number of carbonyl (C=O) groups is 2. The maximum atomic E-state index is 13.2. The van der Waals surface area contributed by atoms with Gasteiger partial charge in [-0.1, -0.05) is 24.3 Å². The second-order valence-corrected chi connectivity index (χ2v) is 8.57. The average Bonchev–Trinajstić information content (AvgIpc) is 2.73. The fraction of sp³-hybridized carbons (Fsp3) is 0.500. The molecule has 6 heteroatoms. The van der Waals surface area contributed by atoms with E-state index in [2.05, 4.69) is 42.8 Å². The van der Waals surface area contributed by atoms with Crippen molar-refractivity contribution in [1.29, 1.82) is 0 Å². The number of nitrogens with two attached hydrogens (primary N) is 1. The first-order valence-electron chi connectivity index (χ1n) is 10.7. The molecule has 3 N–H and O–H groups in total. The average molecular weight is 411 g/mol. The van der Waals surface area contributed by atoms with E-state index in [1.165, 1.54) is 16.0 Å². The van der Waals surface area contributed by atoms with Gasteiger partial charge in [-0.15, -0.1) is 6.58 Å². The van der Waals surface area contributed by atoms with E-state index in [-0.39, 0.29) is 29.3 Å². The topological polar surface area (TPSA) is 78.7 Å². The third-order valence-electron chi connectivity index (χ3n) is 6.82. The highest BCUT2D eigenvalue weighted by atomic mass is 16.2. The van der Waals surface area contributed by atoms with Crippen molar-refractivity contribution in [3.8, 4) is 0 Å². The lowest BCUT2D eigenvalue weighted by Crippen LogP contribution is -2.60. The van der Waals surface area contributed by atoms with Gasteiger partial charge < -0.3 is 11.1 Å².